The van der Waals surface area contributed by atoms with Crippen LogP contribution >= 0.6 is 0 Å². The van der Waals surface area contributed by atoms with Crippen molar-refractivity contribution in [1.82, 2.24) is 4.98 Å². The molecule has 0 aliphatic heterocycles. The molecule has 1 heterocycles. The molecule has 0 radical (unpaired) electrons. The molecule has 8 heteroatoms. The number of carbonyl (C=O) groups excluding carboxylic acids is 1. The Balaban J connectivity index is 0.000000204. The van der Waals surface area contributed by atoms with Crippen LogP contribution in [0.4, 0.5) is 0 Å². The molecule has 7 nitrogen and oxygen atoms in total. The molecular weight excluding hydrogens is 284 g/mol. The molecule has 0 fully saturated rings. The van der Waals surface area contributed by atoms with E-state index >= 15 is 0 Å². The quantitative estimate of drug-likeness (QED) is 0.806. The Hall–Kier alpha value is -2.19. The minimum Gasteiger partial charge on any atom is -0.438 e. The molecule has 0 bridgehead atoms. The summed E-state index contributed by atoms with van der Waals surface area (Å²) in [6.07, 6.45) is 1.19. The van der Waals surface area contributed by atoms with E-state index in [2.05, 4.69) is 9.40 Å². The number of amides is 1. The molecule has 0 saturated heterocycles. The van der Waals surface area contributed by atoms with Crippen LogP contribution in [0, 0.1) is 13.8 Å². The number of nitrogens with zero attached hydrogens (tertiary/aromatic N) is 1. The van der Waals surface area contributed by atoms with Gasteiger partial charge in [-0.1, -0.05) is 17.7 Å². The van der Waals surface area contributed by atoms with E-state index in [1.54, 1.807) is 19.1 Å². The summed E-state index contributed by atoms with van der Waals surface area (Å²) in [4.78, 5) is 14.0. The van der Waals surface area contributed by atoms with E-state index < -0.39 is 16.0 Å². The monoisotopic (exact) mass is 298 g/mol. The molecular formula is C12H14N2O5S. The van der Waals surface area contributed by atoms with Gasteiger partial charge in [-0.2, -0.15) is 8.42 Å². The van der Waals surface area contributed by atoms with Crippen molar-refractivity contribution in [1.29, 1.82) is 0 Å². The van der Waals surface area contributed by atoms with Crippen LogP contribution in [0.1, 0.15) is 21.8 Å². The van der Waals surface area contributed by atoms with Gasteiger partial charge in [0, 0.05) is 0 Å². The van der Waals surface area contributed by atoms with Crippen LogP contribution in [0.5, 0.6) is 0 Å². The third-order valence-corrected chi connectivity index (χ3v) is 3.16. The van der Waals surface area contributed by atoms with Crippen molar-refractivity contribution < 1.29 is 22.2 Å². The normalized spacial score (nSPS) is 10.6. The molecule has 1 amide bonds. The number of benzene rings is 1. The lowest BCUT2D eigenvalue weighted by atomic mass is 10.2. The maximum atomic E-state index is 10.5. The van der Waals surface area contributed by atoms with Crippen LogP contribution in [0.2, 0.25) is 0 Å². The topological polar surface area (TPSA) is 123 Å². The van der Waals surface area contributed by atoms with Crippen LogP contribution in [-0.4, -0.2) is 23.9 Å². The fourth-order valence-corrected chi connectivity index (χ4v) is 1.73. The predicted molar refractivity (Wildman–Crippen MR) is 70.8 cm³/mol. The standard InChI is InChI=1S/C7H8O3S.C5H6N2O2/c1-6-2-4-7(5-3-6)11(8,9)10;1-3-4(5(6)8)9-2-7-3/h2-5H,1H3,(H,8,9,10);2H,1H3,(H2,6,8). The van der Waals surface area contributed by atoms with Gasteiger partial charge < -0.3 is 10.2 Å². The molecule has 2 rings (SSSR count). The van der Waals surface area contributed by atoms with E-state index in [9.17, 15) is 13.2 Å². The molecule has 3 N–H and O–H groups in total. The predicted octanol–water partition coefficient (Wildman–Crippen LogP) is 1.32. The fraction of sp³-hybridized carbons (Fsp3) is 0.167. The third-order valence-electron chi connectivity index (χ3n) is 2.29. The number of oxazole rings is 1. The summed E-state index contributed by atoms with van der Waals surface area (Å²) >= 11 is 0. The molecule has 0 saturated carbocycles. The Kier molecular flexibility index (Phi) is 5.00. The van der Waals surface area contributed by atoms with E-state index in [-0.39, 0.29) is 10.7 Å². The number of aromatic nitrogens is 1. The summed E-state index contributed by atoms with van der Waals surface area (Å²) in [7, 11) is -4.02. The van der Waals surface area contributed by atoms with Gasteiger partial charge in [0.25, 0.3) is 16.0 Å². The number of primary amides is 1. The van der Waals surface area contributed by atoms with Crippen molar-refractivity contribution in [3.63, 3.8) is 0 Å². The first-order chi connectivity index (χ1) is 9.21. The number of hydrogen-bond acceptors (Lipinski definition) is 5. The molecule has 0 atom stereocenters. The molecule has 0 aliphatic rings. The highest BCUT2D eigenvalue weighted by atomic mass is 32.2. The lowest BCUT2D eigenvalue weighted by molar-refractivity contribution is 0.0973. The summed E-state index contributed by atoms with van der Waals surface area (Å²) in [5, 5.41) is 0. The molecule has 1 aromatic heterocycles. The first-order valence-electron chi connectivity index (χ1n) is 5.46. The van der Waals surface area contributed by atoms with Crippen molar-refractivity contribution in [3.05, 3.63) is 47.7 Å². The van der Waals surface area contributed by atoms with E-state index in [0.29, 0.717) is 5.69 Å². The summed E-state index contributed by atoms with van der Waals surface area (Å²) in [6, 6.07) is 5.99. The number of hydrogen-bond donors (Lipinski definition) is 2. The Labute approximate surface area is 116 Å². The van der Waals surface area contributed by atoms with Crippen LogP contribution in [0.15, 0.2) is 40.0 Å². The van der Waals surface area contributed by atoms with Crippen LogP contribution in [-0.2, 0) is 10.1 Å². The van der Waals surface area contributed by atoms with Gasteiger partial charge in [0.1, 0.15) is 0 Å². The van der Waals surface area contributed by atoms with Gasteiger partial charge in [0.15, 0.2) is 6.39 Å². The molecule has 2 aromatic rings. The minimum absolute atomic E-state index is 0.0666. The second-order valence-corrected chi connectivity index (χ2v) is 5.34. The van der Waals surface area contributed by atoms with Gasteiger partial charge in [-0.25, -0.2) is 4.98 Å². The Morgan fingerprint density at radius 2 is 1.80 bits per heavy atom. The highest BCUT2D eigenvalue weighted by Gasteiger charge is 2.08. The first kappa shape index (κ1) is 15.9. The van der Waals surface area contributed by atoms with Crippen molar-refractivity contribution >= 4 is 16.0 Å². The summed E-state index contributed by atoms with van der Waals surface area (Å²) in [6.45, 7) is 3.50. The van der Waals surface area contributed by atoms with Crippen molar-refractivity contribution in [3.8, 4) is 0 Å². The van der Waals surface area contributed by atoms with Gasteiger partial charge in [-0.05, 0) is 26.0 Å². The zero-order chi connectivity index (χ0) is 15.3. The van der Waals surface area contributed by atoms with E-state index in [1.165, 1.54) is 18.5 Å². The Morgan fingerprint density at radius 1 is 1.25 bits per heavy atom. The van der Waals surface area contributed by atoms with Crippen molar-refractivity contribution in [2.24, 2.45) is 5.73 Å². The number of aryl methyl sites for hydroxylation is 2. The van der Waals surface area contributed by atoms with Gasteiger partial charge >= 0.3 is 0 Å². The van der Waals surface area contributed by atoms with E-state index in [4.69, 9.17) is 10.3 Å². The highest BCUT2D eigenvalue weighted by molar-refractivity contribution is 7.85. The van der Waals surface area contributed by atoms with Gasteiger partial charge in [-0.15, -0.1) is 0 Å². The van der Waals surface area contributed by atoms with Crippen LogP contribution < -0.4 is 5.73 Å². The highest BCUT2D eigenvalue weighted by Crippen LogP contribution is 2.08. The SMILES string of the molecule is Cc1ccc(S(=O)(=O)O)cc1.Cc1ncoc1C(N)=O. The van der Waals surface area contributed by atoms with Crippen molar-refractivity contribution in [2.45, 2.75) is 18.7 Å². The zero-order valence-corrected chi connectivity index (χ0v) is 11.7. The Bertz CT molecular complexity index is 689. The molecule has 1 aromatic carbocycles. The average molecular weight is 298 g/mol. The van der Waals surface area contributed by atoms with Crippen LogP contribution in [0.3, 0.4) is 0 Å². The molecule has 20 heavy (non-hydrogen) atoms. The zero-order valence-electron chi connectivity index (χ0n) is 10.9. The summed E-state index contributed by atoms with van der Waals surface area (Å²) < 4.78 is 34.2. The molecule has 0 spiro atoms. The Morgan fingerprint density at radius 3 is 2.10 bits per heavy atom. The van der Waals surface area contributed by atoms with Gasteiger partial charge in [0.05, 0.1) is 10.6 Å². The lowest BCUT2D eigenvalue weighted by Crippen LogP contribution is -2.10. The van der Waals surface area contributed by atoms with E-state index in [0.717, 1.165) is 5.56 Å². The number of carbonyl (C=O) groups is 1. The molecule has 0 aliphatic carbocycles. The van der Waals surface area contributed by atoms with Gasteiger partial charge in [-0.3, -0.25) is 9.35 Å². The molecule has 108 valence electrons. The second kappa shape index (κ2) is 6.31. The minimum atomic E-state index is -4.02. The summed E-state index contributed by atoms with van der Waals surface area (Å²) in [5.41, 5.74) is 6.37. The first-order valence-corrected chi connectivity index (χ1v) is 6.90. The number of rotatable bonds is 2. The third kappa shape index (κ3) is 4.48. The van der Waals surface area contributed by atoms with E-state index in [1.807, 2.05) is 6.92 Å². The fourth-order valence-electron chi connectivity index (χ4n) is 1.25. The maximum absolute atomic E-state index is 10.5. The second-order valence-electron chi connectivity index (χ2n) is 3.92. The van der Waals surface area contributed by atoms with Crippen LogP contribution in [0.25, 0.3) is 0 Å². The number of nitrogens with two attached hydrogens (primary N) is 1. The average Bonchev–Trinajstić information content (AvgIpc) is 2.76. The smallest absolute Gasteiger partial charge is 0.294 e. The van der Waals surface area contributed by atoms with Crippen molar-refractivity contribution in [2.75, 3.05) is 0 Å². The van der Waals surface area contributed by atoms with Gasteiger partial charge in [0.2, 0.25) is 5.76 Å². The summed E-state index contributed by atoms with van der Waals surface area (Å²) in [5.74, 6) is -0.444. The molecule has 0 unspecified atom stereocenters. The lowest BCUT2D eigenvalue weighted by Gasteiger charge is -1.95. The maximum Gasteiger partial charge on any atom is 0.294 e. The largest absolute Gasteiger partial charge is 0.438 e.